The first-order valence-electron chi connectivity index (χ1n) is 11.0. The Labute approximate surface area is 193 Å². The Kier molecular flexibility index (Phi) is 5.54. The highest BCUT2D eigenvalue weighted by Gasteiger charge is 2.27. The molecule has 1 heterocycles. The van der Waals surface area contributed by atoms with Gasteiger partial charge in [-0.1, -0.05) is 78.4 Å². The Morgan fingerprint density at radius 3 is 2.36 bits per heavy atom. The van der Waals surface area contributed by atoms with Crippen LogP contribution in [0.1, 0.15) is 32.6 Å². The molecule has 0 aromatic heterocycles. The maximum Gasteiger partial charge on any atom is 0.231 e. The second kappa shape index (κ2) is 8.79. The number of aryl methyl sites for hydroxylation is 2. The minimum Gasteiger partial charge on any atom is -0.489 e. The fourth-order valence-electron chi connectivity index (χ4n) is 3.93. The summed E-state index contributed by atoms with van der Waals surface area (Å²) >= 11 is 0. The van der Waals surface area contributed by atoms with Gasteiger partial charge in [0.25, 0.3) is 0 Å². The Morgan fingerprint density at radius 1 is 0.818 bits per heavy atom. The molecule has 0 spiro atoms. The third-order valence-corrected chi connectivity index (χ3v) is 5.86. The van der Waals surface area contributed by atoms with Gasteiger partial charge >= 0.3 is 0 Å². The van der Waals surface area contributed by atoms with Crippen LogP contribution < -0.4 is 9.47 Å². The largest absolute Gasteiger partial charge is 0.489 e. The lowest BCUT2D eigenvalue weighted by Crippen LogP contribution is -1.99. The Balaban J connectivity index is 1.31. The molecule has 0 fully saturated rings. The number of rotatable bonds is 5. The first-order chi connectivity index (χ1) is 16.1. The molecule has 0 radical (unpaired) electrons. The molecule has 0 unspecified atom stereocenters. The van der Waals surface area contributed by atoms with E-state index in [1.54, 1.807) is 18.2 Å². The molecule has 3 heteroatoms. The Bertz CT molecular complexity index is 1350. The summed E-state index contributed by atoms with van der Waals surface area (Å²) in [6.45, 7) is 4.61. The molecule has 4 aromatic rings. The monoisotopic (exact) mass is 432 g/mol. The fraction of sp³-hybridized carbons (Fsp3) is 0.100. The Hall–Kier alpha value is -4.11. The second-order valence-electron chi connectivity index (χ2n) is 8.30. The van der Waals surface area contributed by atoms with Gasteiger partial charge in [-0.15, -0.1) is 0 Å². The van der Waals surface area contributed by atoms with Gasteiger partial charge in [-0.25, -0.2) is 0 Å². The molecule has 3 nitrogen and oxygen atoms in total. The van der Waals surface area contributed by atoms with E-state index in [2.05, 4.69) is 44.2 Å². The molecular weight excluding hydrogens is 408 g/mol. The van der Waals surface area contributed by atoms with Crippen molar-refractivity contribution in [2.75, 3.05) is 0 Å². The van der Waals surface area contributed by atoms with Crippen LogP contribution in [0.15, 0.2) is 96.8 Å². The average Bonchev–Trinajstić information content (AvgIpc) is 3.15. The summed E-state index contributed by atoms with van der Waals surface area (Å²) in [5.41, 5.74) is 7.30. The number of Topliss-reactive ketones (excluding diaryl/α,β-unsaturated/α-hetero) is 1. The van der Waals surface area contributed by atoms with Crippen molar-refractivity contribution in [3.8, 4) is 22.6 Å². The smallest absolute Gasteiger partial charge is 0.231 e. The average molecular weight is 433 g/mol. The minimum atomic E-state index is -0.113. The van der Waals surface area contributed by atoms with E-state index in [0.717, 1.165) is 22.3 Å². The number of benzene rings is 4. The number of carbonyl (C=O) groups is 1. The summed E-state index contributed by atoms with van der Waals surface area (Å²) in [7, 11) is 0. The summed E-state index contributed by atoms with van der Waals surface area (Å²) in [6.07, 6.45) is 1.79. The molecule has 4 aromatic carbocycles. The number of fused-ring (bicyclic) bond motifs is 1. The highest BCUT2D eigenvalue weighted by Crippen LogP contribution is 2.35. The van der Waals surface area contributed by atoms with E-state index in [0.29, 0.717) is 29.4 Å². The molecule has 162 valence electrons. The van der Waals surface area contributed by atoms with Crippen molar-refractivity contribution in [1.82, 2.24) is 0 Å². The van der Waals surface area contributed by atoms with Crippen molar-refractivity contribution in [3.63, 3.8) is 0 Å². The molecule has 0 atom stereocenters. The topological polar surface area (TPSA) is 35.5 Å². The highest BCUT2D eigenvalue weighted by molar-refractivity contribution is 6.14. The van der Waals surface area contributed by atoms with Crippen molar-refractivity contribution in [1.29, 1.82) is 0 Å². The number of ketones is 1. The number of allylic oxidation sites excluding steroid dienone is 1. The zero-order chi connectivity index (χ0) is 22.8. The van der Waals surface area contributed by atoms with Crippen LogP contribution in [0.25, 0.3) is 17.2 Å². The SMILES string of the molecule is Cc1ccc(C)c(COc2ccc3c(c2)OC(=Cc2ccc(-c4ccccc4)cc2)C3=O)c1. The van der Waals surface area contributed by atoms with E-state index in [-0.39, 0.29) is 5.78 Å². The van der Waals surface area contributed by atoms with Crippen molar-refractivity contribution in [2.24, 2.45) is 0 Å². The van der Waals surface area contributed by atoms with Gasteiger partial charge in [0.2, 0.25) is 5.78 Å². The number of carbonyl (C=O) groups excluding carboxylic acids is 1. The van der Waals surface area contributed by atoms with Gasteiger partial charge < -0.3 is 9.47 Å². The predicted molar refractivity (Wildman–Crippen MR) is 132 cm³/mol. The lowest BCUT2D eigenvalue weighted by molar-refractivity contribution is 0.101. The van der Waals surface area contributed by atoms with E-state index >= 15 is 0 Å². The lowest BCUT2D eigenvalue weighted by atomic mass is 10.0. The molecule has 0 amide bonds. The zero-order valence-corrected chi connectivity index (χ0v) is 18.7. The summed E-state index contributed by atoms with van der Waals surface area (Å²) < 4.78 is 11.9. The number of ether oxygens (including phenoxy) is 2. The maximum absolute atomic E-state index is 12.8. The fourth-order valence-corrected chi connectivity index (χ4v) is 3.93. The van der Waals surface area contributed by atoms with Crippen LogP contribution in [0.2, 0.25) is 0 Å². The number of hydrogen-bond donors (Lipinski definition) is 0. The van der Waals surface area contributed by atoms with Gasteiger partial charge in [-0.2, -0.15) is 0 Å². The van der Waals surface area contributed by atoms with E-state index < -0.39 is 0 Å². The molecular formula is C30H24O3. The van der Waals surface area contributed by atoms with Crippen LogP contribution >= 0.6 is 0 Å². The van der Waals surface area contributed by atoms with Gasteiger partial charge in [0.15, 0.2) is 5.76 Å². The predicted octanol–water partition coefficient (Wildman–Crippen LogP) is 7.17. The minimum absolute atomic E-state index is 0.113. The molecule has 5 rings (SSSR count). The molecule has 0 saturated carbocycles. The van der Waals surface area contributed by atoms with Crippen molar-refractivity contribution in [3.05, 3.63) is 125 Å². The van der Waals surface area contributed by atoms with Crippen LogP contribution in [-0.4, -0.2) is 5.78 Å². The van der Waals surface area contributed by atoms with Gasteiger partial charge in [0.1, 0.15) is 18.1 Å². The summed E-state index contributed by atoms with van der Waals surface area (Å²) in [5.74, 6) is 1.42. The summed E-state index contributed by atoms with van der Waals surface area (Å²) in [5, 5.41) is 0. The van der Waals surface area contributed by atoms with Crippen LogP contribution in [0.4, 0.5) is 0 Å². The van der Waals surface area contributed by atoms with E-state index in [4.69, 9.17) is 9.47 Å². The third kappa shape index (κ3) is 4.44. The van der Waals surface area contributed by atoms with Gasteiger partial charge in [-0.05, 0) is 59.9 Å². The van der Waals surface area contributed by atoms with E-state index in [1.165, 1.54) is 11.1 Å². The maximum atomic E-state index is 12.8. The van der Waals surface area contributed by atoms with Crippen molar-refractivity contribution < 1.29 is 14.3 Å². The van der Waals surface area contributed by atoms with Crippen molar-refractivity contribution in [2.45, 2.75) is 20.5 Å². The second-order valence-corrected chi connectivity index (χ2v) is 8.30. The standard InChI is InChI=1S/C30H24O3/c1-20-8-9-21(2)25(16-20)19-32-26-14-15-27-28(18-26)33-29(30(27)31)17-22-10-12-24(13-11-22)23-6-4-3-5-7-23/h3-18H,19H2,1-2H3. The van der Waals surface area contributed by atoms with Gasteiger partial charge in [0, 0.05) is 6.07 Å². The third-order valence-electron chi connectivity index (χ3n) is 5.86. The van der Waals surface area contributed by atoms with E-state index in [9.17, 15) is 4.79 Å². The van der Waals surface area contributed by atoms with Gasteiger partial charge in [0.05, 0.1) is 5.56 Å². The normalized spacial score (nSPS) is 13.6. The quantitative estimate of drug-likeness (QED) is 0.314. The molecule has 0 N–H and O–H groups in total. The first kappa shape index (κ1) is 20.8. The first-order valence-corrected chi connectivity index (χ1v) is 11.0. The van der Waals surface area contributed by atoms with Crippen LogP contribution in [0.3, 0.4) is 0 Å². The van der Waals surface area contributed by atoms with Crippen LogP contribution in [0.5, 0.6) is 11.5 Å². The summed E-state index contributed by atoms with van der Waals surface area (Å²) in [4.78, 5) is 12.8. The van der Waals surface area contributed by atoms with Crippen LogP contribution in [0, 0.1) is 13.8 Å². The molecule has 1 aliphatic rings. The highest BCUT2D eigenvalue weighted by atomic mass is 16.5. The lowest BCUT2D eigenvalue weighted by Gasteiger charge is -2.10. The molecule has 33 heavy (non-hydrogen) atoms. The molecule has 0 bridgehead atoms. The van der Waals surface area contributed by atoms with Crippen LogP contribution in [-0.2, 0) is 6.61 Å². The summed E-state index contributed by atoms with van der Waals surface area (Å²) in [6, 6.07) is 30.0. The molecule has 0 aliphatic carbocycles. The molecule has 0 saturated heterocycles. The van der Waals surface area contributed by atoms with Gasteiger partial charge in [-0.3, -0.25) is 4.79 Å². The number of hydrogen-bond acceptors (Lipinski definition) is 3. The zero-order valence-electron chi connectivity index (χ0n) is 18.7. The van der Waals surface area contributed by atoms with Crippen molar-refractivity contribution >= 4 is 11.9 Å². The Morgan fingerprint density at radius 2 is 1.58 bits per heavy atom. The van der Waals surface area contributed by atoms with E-state index in [1.807, 2.05) is 48.5 Å². The molecule has 1 aliphatic heterocycles.